The zero-order valence-electron chi connectivity index (χ0n) is 23.7. The quantitative estimate of drug-likeness (QED) is 0.189. The van der Waals surface area contributed by atoms with Gasteiger partial charge >= 0.3 is 6.03 Å². The molecule has 42 heavy (non-hydrogen) atoms. The van der Waals surface area contributed by atoms with Gasteiger partial charge in [-0.1, -0.05) is 103 Å². The number of carbonyl (C=O) groups excluding carboxylic acids is 1. The molecule has 1 saturated heterocycles. The van der Waals surface area contributed by atoms with E-state index in [-0.39, 0.29) is 11.9 Å². The van der Waals surface area contributed by atoms with Gasteiger partial charge in [0.1, 0.15) is 0 Å². The van der Waals surface area contributed by atoms with E-state index in [0.29, 0.717) is 18.2 Å². The molecule has 0 bridgehead atoms. The highest BCUT2D eigenvalue weighted by Gasteiger charge is 2.21. The van der Waals surface area contributed by atoms with Gasteiger partial charge < -0.3 is 9.64 Å². The predicted octanol–water partition coefficient (Wildman–Crippen LogP) is 7.35. The molecule has 1 N–H and O–H groups in total. The number of amides is 2. The van der Waals surface area contributed by atoms with Crippen LogP contribution in [0.15, 0.2) is 109 Å². The van der Waals surface area contributed by atoms with Crippen LogP contribution in [0.1, 0.15) is 23.5 Å². The Morgan fingerprint density at radius 3 is 2.26 bits per heavy atom. The molecule has 1 aliphatic rings. The van der Waals surface area contributed by atoms with Crippen LogP contribution in [0.2, 0.25) is 0 Å². The summed E-state index contributed by atoms with van der Waals surface area (Å²) in [6.45, 7) is 5.37. The maximum absolute atomic E-state index is 13.8. The molecule has 1 aromatic heterocycles. The number of nitrogens with one attached hydrogen (secondary N) is 1. The molecule has 214 valence electrons. The molecule has 0 radical (unpaired) electrons. The molecule has 0 spiro atoms. The SMILES string of the molecule is O=C(Nc1nc(-c2cccc3ccccc23)cs1)N(CCC(c1ccccc1)c1ccccc1)CCN1CCOCC1. The molecular weight excluding hydrogens is 540 g/mol. The normalized spacial score (nSPS) is 13.8. The molecule has 0 aliphatic carbocycles. The van der Waals surface area contributed by atoms with Gasteiger partial charge in [0.05, 0.1) is 18.9 Å². The van der Waals surface area contributed by atoms with Crippen LogP contribution in [-0.4, -0.2) is 66.8 Å². The Hall–Kier alpha value is -4.04. The largest absolute Gasteiger partial charge is 0.379 e. The highest BCUT2D eigenvalue weighted by Crippen LogP contribution is 2.32. The van der Waals surface area contributed by atoms with Crippen LogP contribution in [0.5, 0.6) is 0 Å². The fourth-order valence-electron chi connectivity index (χ4n) is 5.66. The molecule has 4 aromatic carbocycles. The molecule has 6 nitrogen and oxygen atoms in total. The maximum Gasteiger partial charge on any atom is 0.323 e. The lowest BCUT2D eigenvalue weighted by molar-refractivity contribution is 0.0351. The van der Waals surface area contributed by atoms with Gasteiger partial charge in [0.25, 0.3) is 0 Å². The molecule has 0 unspecified atom stereocenters. The summed E-state index contributed by atoms with van der Waals surface area (Å²) in [5, 5.41) is 8.09. The molecule has 0 saturated carbocycles. The minimum absolute atomic E-state index is 0.109. The van der Waals surface area contributed by atoms with Crippen LogP contribution in [0.3, 0.4) is 0 Å². The van der Waals surface area contributed by atoms with Crippen molar-refractivity contribution in [2.75, 3.05) is 51.3 Å². The number of hydrogen-bond acceptors (Lipinski definition) is 5. The van der Waals surface area contributed by atoms with Gasteiger partial charge in [-0.2, -0.15) is 0 Å². The molecule has 5 aromatic rings. The molecule has 1 fully saturated rings. The number of hydrogen-bond donors (Lipinski definition) is 1. The van der Waals surface area contributed by atoms with E-state index >= 15 is 0 Å². The molecular formula is C35H36N4O2S. The fourth-order valence-corrected chi connectivity index (χ4v) is 6.36. The number of aromatic nitrogens is 1. The van der Waals surface area contributed by atoms with Gasteiger partial charge in [-0.25, -0.2) is 9.78 Å². The molecule has 6 rings (SSSR count). The van der Waals surface area contributed by atoms with Crippen LogP contribution in [0.4, 0.5) is 9.93 Å². The Balaban J connectivity index is 1.19. The number of ether oxygens (including phenoxy) is 1. The topological polar surface area (TPSA) is 57.7 Å². The second-order valence-corrected chi connectivity index (χ2v) is 11.5. The number of thiazole rings is 1. The average molecular weight is 577 g/mol. The summed E-state index contributed by atoms with van der Waals surface area (Å²) in [5.74, 6) is 0.198. The molecule has 0 atom stereocenters. The monoisotopic (exact) mass is 576 g/mol. The van der Waals surface area contributed by atoms with E-state index in [1.807, 2.05) is 34.5 Å². The van der Waals surface area contributed by atoms with E-state index in [1.54, 1.807) is 0 Å². The number of urea groups is 1. The van der Waals surface area contributed by atoms with E-state index in [0.717, 1.165) is 55.9 Å². The van der Waals surface area contributed by atoms with Crippen molar-refractivity contribution < 1.29 is 9.53 Å². The fraction of sp³-hybridized carbons (Fsp3) is 0.257. The van der Waals surface area contributed by atoms with E-state index < -0.39 is 0 Å². The van der Waals surface area contributed by atoms with Gasteiger partial charge in [-0.05, 0) is 28.3 Å². The van der Waals surface area contributed by atoms with Crippen molar-refractivity contribution in [2.45, 2.75) is 12.3 Å². The van der Waals surface area contributed by atoms with Crippen molar-refractivity contribution in [1.82, 2.24) is 14.8 Å². The number of benzene rings is 4. The molecule has 2 amide bonds. The number of carbonyl (C=O) groups is 1. The first-order valence-electron chi connectivity index (χ1n) is 14.6. The van der Waals surface area contributed by atoms with Gasteiger partial charge in [-0.3, -0.25) is 10.2 Å². The predicted molar refractivity (Wildman–Crippen MR) is 172 cm³/mol. The summed E-state index contributed by atoms with van der Waals surface area (Å²) in [4.78, 5) is 22.9. The number of nitrogens with zero attached hydrogens (tertiary/aromatic N) is 3. The lowest BCUT2D eigenvalue weighted by Gasteiger charge is -2.31. The van der Waals surface area contributed by atoms with Crippen LogP contribution in [0.25, 0.3) is 22.0 Å². The van der Waals surface area contributed by atoms with Crippen molar-refractivity contribution in [3.63, 3.8) is 0 Å². The van der Waals surface area contributed by atoms with Crippen molar-refractivity contribution in [3.8, 4) is 11.3 Å². The van der Waals surface area contributed by atoms with Gasteiger partial charge in [0.15, 0.2) is 5.13 Å². The smallest absolute Gasteiger partial charge is 0.323 e. The summed E-state index contributed by atoms with van der Waals surface area (Å²) < 4.78 is 5.53. The number of fused-ring (bicyclic) bond motifs is 1. The summed E-state index contributed by atoms with van der Waals surface area (Å²) in [5.41, 5.74) is 4.47. The second-order valence-electron chi connectivity index (χ2n) is 10.6. The minimum Gasteiger partial charge on any atom is -0.379 e. The van der Waals surface area contributed by atoms with Crippen molar-refractivity contribution >= 4 is 33.3 Å². The van der Waals surface area contributed by atoms with E-state index in [2.05, 4.69) is 89.1 Å². The second kappa shape index (κ2) is 13.7. The van der Waals surface area contributed by atoms with Crippen LogP contribution in [0, 0.1) is 0 Å². The van der Waals surface area contributed by atoms with Gasteiger partial charge in [-0.15, -0.1) is 11.3 Å². The lowest BCUT2D eigenvalue weighted by atomic mass is 9.88. The highest BCUT2D eigenvalue weighted by atomic mass is 32.1. The molecule has 1 aliphatic heterocycles. The van der Waals surface area contributed by atoms with Crippen molar-refractivity contribution in [1.29, 1.82) is 0 Å². The lowest BCUT2D eigenvalue weighted by Crippen LogP contribution is -2.44. The van der Waals surface area contributed by atoms with Crippen molar-refractivity contribution in [3.05, 3.63) is 120 Å². The van der Waals surface area contributed by atoms with E-state index in [4.69, 9.17) is 9.72 Å². The first-order valence-corrected chi connectivity index (χ1v) is 15.5. The Labute approximate surface area is 251 Å². The Kier molecular flexibility index (Phi) is 9.20. The third kappa shape index (κ3) is 6.87. The van der Waals surface area contributed by atoms with Crippen LogP contribution < -0.4 is 5.32 Å². The summed E-state index contributed by atoms with van der Waals surface area (Å²) in [7, 11) is 0. The van der Waals surface area contributed by atoms with E-state index in [1.165, 1.54) is 27.8 Å². The Morgan fingerprint density at radius 1 is 0.857 bits per heavy atom. The Bertz CT molecular complexity index is 1540. The first-order chi connectivity index (χ1) is 20.7. The van der Waals surface area contributed by atoms with Gasteiger partial charge in [0, 0.05) is 49.6 Å². The van der Waals surface area contributed by atoms with E-state index in [9.17, 15) is 4.79 Å². The third-order valence-electron chi connectivity index (χ3n) is 7.95. The maximum atomic E-state index is 13.8. The number of rotatable bonds is 10. The summed E-state index contributed by atoms with van der Waals surface area (Å²) in [6.07, 6.45) is 0.823. The van der Waals surface area contributed by atoms with Crippen LogP contribution in [-0.2, 0) is 4.74 Å². The average Bonchev–Trinajstić information content (AvgIpc) is 3.52. The standard InChI is InChI=1S/C35H36N4O2S/c40-35(37-34-36-33(26-42-34)32-17-9-15-29-14-7-8-16-31(29)32)39(21-20-38-22-24-41-25-23-38)19-18-30(27-10-3-1-4-11-27)28-12-5-2-6-13-28/h1-17,26,30H,18-25H2,(H,36,37,40). The highest BCUT2D eigenvalue weighted by molar-refractivity contribution is 7.14. The molecule has 7 heteroatoms. The Morgan fingerprint density at radius 2 is 1.52 bits per heavy atom. The minimum atomic E-state index is -0.109. The third-order valence-corrected chi connectivity index (χ3v) is 8.71. The molecule has 2 heterocycles. The number of morpholine rings is 1. The van der Waals surface area contributed by atoms with Crippen molar-refractivity contribution in [2.24, 2.45) is 0 Å². The zero-order valence-corrected chi connectivity index (χ0v) is 24.5. The number of anilines is 1. The zero-order chi connectivity index (χ0) is 28.6. The summed E-state index contributed by atoms with van der Waals surface area (Å²) >= 11 is 1.47. The summed E-state index contributed by atoms with van der Waals surface area (Å²) in [6, 6.07) is 35.6. The first kappa shape index (κ1) is 28.1. The van der Waals surface area contributed by atoms with Gasteiger partial charge in [0.2, 0.25) is 0 Å². The van der Waals surface area contributed by atoms with Crippen LogP contribution >= 0.6 is 11.3 Å².